The fourth-order valence-electron chi connectivity index (χ4n) is 3.84. The fourth-order valence-corrected chi connectivity index (χ4v) is 3.84. The van der Waals surface area contributed by atoms with Gasteiger partial charge >= 0.3 is 6.18 Å². The Labute approximate surface area is 179 Å². The topological polar surface area (TPSA) is 67.2 Å². The molecule has 1 aromatic heterocycles. The van der Waals surface area contributed by atoms with Crippen molar-refractivity contribution in [3.05, 3.63) is 57.5 Å². The van der Waals surface area contributed by atoms with Crippen LogP contribution < -0.4 is 10.7 Å². The van der Waals surface area contributed by atoms with Gasteiger partial charge in [0.1, 0.15) is 0 Å². The lowest BCUT2D eigenvalue weighted by atomic mass is 10.1. The molecule has 0 spiro atoms. The van der Waals surface area contributed by atoms with E-state index < -0.39 is 28.8 Å². The number of likely N-dealkylation sites (tertiary alicyclic amines) is 1. The van der Waals surface area contributed by atoms with Gasteiger partial charge < -0.3 is 10.2 Å². The van der Waals surface area contributed by atoms with E-state index in [1.54, 1.807) is 0 Å². The van der Waals surface area contributed by atoms with Crippen LogP contribution in [0.3, 0.4) is 0 Å². The molecule has 1 N–H and O–H groups in total. The van der Waals surface area contributed by atoms with Crippen molar-refractivity contribution in [1.29, 1.82) is 0 Å². The molecule has 1 aliphatic rings. The Balaban J connectivity index is 1.78. The average Bonchev–Trinajstić information content (AvgIpc) is 2.72. The Bertz CT molecular complexity index is 981. The lowest BCUT2D eigenvalue weighted by Crippen LogP contribution is -2.39. The first-order valence-electron chi connectivity index (χ1n) is 10.4. The quantitative estimate of drug-likeness (QED) is 0.754. The molecule has 2 aromatic rings. The maximum Gasteiger partial charge on any atom is 0.418 e. The van der Waals surface area contributed by atoms with E-state index in [-0.39, 0.29) is 17.3 Å². The highest BCUT2D eigenvalue weighted by Gasteiger charge is 2.34. The molecule has 1 amide bonds. The minimum Gasteiger partial charge on any atom is -0.350 e. The molecule has 2 heterocycles. The predicted molar refractivity (Wildman–Crippen MR) is 111 cm³/mol. The SMILES string of the molecule is Cc1cc(=O)c(C(=O)NCC(C)CN2CCCCC2)nn1-c1ccccc1C(F)(F)F. The van der Waals surface area contributed by atoms with Crippen molar-refractivity contribution in [1.82, 2.24) is 20.0 Å². The summed E-state index contributed by atoms with van der Waals surface area (Å²) in [5.41, 5.74) is -1.97. The number of para-hydroxylation sites is 1. The highest BCUT2D eigenvalue weighted by atomic mass is 19.4. The van der Waals surface area contributed by atoms with Crippen molar-refractivity contribution < 1.29 is 18.0 Å². The number of amides is 1. The fraction of sp³-hybridized carbons (Fsp3) is 0.500. The minimum absolute atomic E-state index is 0.167. The van der Waals surface area contributed by atoms with Gasteiger partial charge in [-0.15, -0.1) is 0 Å². The zero-order chi connectivity index (χ0) is 22.6. The van der Waals surface area contributed by atoms with E-state index >= 15 is 0 Å². The highest BCUT2D eigenvalue weighted by Crippen LogP contribution is 2.33. The molecular weight excluding hydrogens is 409 g/mol. The van der Waals surface area contributed by atoms with Gasteiger partial charge in [-0.1, -0.05) is 25.5 Å². The zero-order valence-electron chi connectivity index (χ0n) is 17.7. The number of benzene rings is 1. The van der Waals surface area contributed by atoms with Gasteiger partial charge in [0, 0.05) is 24.8 Å². The van der Waals surface area contributed by atoms with Gasteiger partial charge in [0.15, 0.2) is 5.69 Å². The van der Waals surface area contributed by atoms with Crippen LogP contribution in [0.15, 0.2) is 35.1 Å². The van der Waals surface area contributed by atoms with E-state index in [1.165, 1.54) is 44.4 Å². The van der Waals surface area contributed by atoms with Crippen molar-refractivity contribution in [3.8, 4) is 5.69 Å². The Kier molecular flexibility index (Phi) is 7.15. The van der Waals surface area contributed by atoms with Crippen molar-refractivity contribution in [3.63, 3.8) is 0 Å². The normalized spacial score (nSPS) is 16.2. The molecule has 1 fully saturated rings. The summed E-state index contributed by atoms with van der Waals surface area (Å²) in [7, 11) is 0. The molecule has 1 atom stereocenters. The molecule has 1 unspecified atom stereocenters. The number of aromatic nitrogens is 2. The standard InChI is InChI=1S/C22H27F3N4O2/c1-15(14-28-10-6-3-7-11-28)13-26-21(31)20-19(30)12-16(2)29(27-20)18-9-5-4-8-17(18)22(23,24)25/h4-5,8-9,12,15H,3,6-7,10-11,13-14H2,1-2H3,(H,26,31). The summed E-state index contributed by atoms with van der Waals surface area (Å²) < 4.78 is 41.3. The van der Waals surface area contributed by atoms with Crippen LogP contribution in [0.25, 0.3) is 5.69 Å². The summed E-state index contributed by atoms with van der Waals surface area (Å²) >= 11 is 0. The van der Waals surface area contributed by atoms with Crippen LogP contribution in [-0.4, -0.2) is 46.8 Å². The number of carbonyl (C=O) groups excluding carboxylic acids is 1. The molecule has 0 radical (unpaired) electrons. The number of piperidine rings is 1. The lowest BCUT2D eigenvalue weighted by molar-refractivity contribution is -0.137. The van der Waals surface area contributed by atoms with Crippen LogP contribution >= 0.6 is 0 Å². The molecule has 0 aliphatic carbocycles. The monoisotopic (exact) mass is 436 g/mol. The van der Waals surface area contributed by atoms with Crippen molar-refractivity contribution in [2.24, 2.45) is 5.92 Å². The number of aryl methyl sites for hydroxylation is 1. The maximum absolute atomic E-state index is 13.4. The van der Waals surface area contributed by atoms with Crippen LogP contribution in [0.1, 0.15) is 47.9 Å². The maximum atomic E-state index is 13.4. The number of hydrogen-bond donors (Lipinski definition) is 1. The number of nitrogens with zero attached hydrogens (tertiary/aromatic N) is 3. The Morgan fingerprint density at radius 3 is 2.55 bits per heavy atom. The second-order valence-corrected chi connectivity index (χ2v) is 8.10. The smallest absolute Gasteiger partial charge is 0.350 e. The van der Waals surface area contributed by atoms with Gasteiger partial charge in [0.05, 0.1) is 11.3 Å². The third kappa shape index (κ3) is 5.72. The van der Waals surface area contributed by atoms with Gasteiger partial charge in [0.2, 0.25) is 5.43 Å². The third-order valence-electron chi connectivity index (χ3n) is 5.39. The highest BCUT2D eigenvalue weighted by molar-refractivity contribution is 5.92. The molecule has 0 saturated carbocycles. The largest absolute Gasteiger partial charge is 0.418 e. The first-order chi connectivity index (χ1) is 14.7. The Hall–Kier alpha value is -2.68. The van der Waals surface area contributed by atoms with Gasteiger partial charge in [-0.05, 0) is 50.9 Å². The molecular formula is C22H27F3N4O2. The van der Waals surface area contributed by atoms with E-state index in [0.29, 0.717) is 6.54 Å². The first-order valence-corrected chi connectivity index (χ1v) is 10.4. The van der Waals surface area contributed by atoms with E-state index in [4.69, 9.17) is 0 Å². The van der Waals surface area contributed by atoms with Gasteiger partial charge in [-0.25, -0.2) is 4.68 Å². The summed E-state index contributed by atoms with van der Waals surface area (Å²) in [6.45, 7) is 6.76. The van der Waals surface area contributed by atoms with E-state index in [1.807, 2.05) is 6.92 Å². The van der Waals surface area contributed by atoms with Gasteiger partial charge in [-0.2, -0.15) is 18.3 Å². The van der Waals surface area contributed by atoms with Crippen LogP contribution in [0, 0.1) is 12.8 Å². The molecule has 3 rings (SSSR count). The molecule has 6 nitrogen and oxygen atoms in total. The molecule has 1 aliphatic heterocycles. The number of hydrogen-bond acceptors (Lipinski definition) is 4. The summed E-state index contributed by atoms with van der Waals surface area (Å²) in [4.78, 5) is 27.3. The zero-order valence-corrected chi connectivity index (χ0v) is 17.7. The van der Waals surface area contributed by atoms with Crippen molar-refractivity contribution in [2.45, 2.75) is 39.3 Å². The second kappa shape index (κ2) is 9.64. The number of alkyl halides is 3. The predicted octanol–water partition coefficient (Wildman–Crippen LogP) is 3.41. The lowest BCUT2D eigenvalue weighted by Gasteiger charge is -2.29. The van der Waals surface area contributed by atoms with Crippen molar-refractivity contribution in [2.75, 3.05) is 26.2 Å². The van der Waals surface area contributed by atoms with E-state index in [2.05, 4.69) is 15.3 Å². The summed E-state index contributed by atoms with van der Waals surface area (Å²) in [6.07, 6.45) is -1.01. The average molecular weight is 436 g/mol. The van der Waals surface area contributed by atoms with Crippen LogP contribution in [0.4, 0.5) is 13.2 Å². The molecule has 31 heavy (non-hydrogen) atoms. The Morgan fingerprint density at radius 1 is 1.19 bits per heavy atom. The number of carbonyl (C=O) groups is 1. The number of halogens is 3. The van der Waals surface area contributed by atoms with E-state index in [0.717, 1.165) is 36.4 Å². The molecule has 9 heteroatoms. The Morgan fingerprint density at radius 2 is 1.87 bits per heavy atom. The summed E-state index contributed by atoms with van der Waals surface area (Å²) in [5.74, 6) is -0.519. The van der Waals surface area contributed by atoms with E-state index in [9.17, 15) is 22.8 Å². The van der Waals surface area contributed by atoms with Crippen molar-refractivity contribution >= 4 is 5.91 Å². The number of nitrogens with one attached hydrogen (secondary N) is 1. The van der Waals surface area contributed by atoms with Gasteiger partial charge in [-0.3, -0.25) is 9.59 Å². The molecule has 1 aromatic carbocycles. The molecule has 1 saturated heterocycles. The van der Waals surface area contributed by atoms with Crippen LogP contribution in [0.5, 0.6) is 0 Å². The summed E-state index contributed by atoms with van der Waals surface area (Å²) in [5, 5.41) is 6.70. The molecule has 0 bridgehead atoms. The number of rotatable bonds is 6. The third-order valence-corrected chi connectivity index (χ3v) is 5.39. The summed E-state index contributed by atoms with van der Waals surface area (Å²) in [6, 6.07) is 6.06. The minimum atomic E-state index is -4.60. The second-order valence-electron chi connectivity index (χ2n) is 8.10. The first kappa shape index (κ1) is 23.0. The molecule has 168 valence electrons. The van der Waals surface area contributed by atoms with Crippen LogP contribution in [-0.2, 0) is 6.18 Å². The van der Waals surface area contributed by atoms with Crippen LogP contribution in [0.2, 0.25) is 0 Å². The van der Waals surface area contributed by atoms with Gasteiger partial charge in [0.25, 0.3) is 5.91 Å².